The Hall–Kier alpha value is 0. The molecule has 0 saturated carbocycles. The van der Waals surface area contributed by atoms with E-state index in [0.717, 1.165) is 11.8 Å². The largest absolute Gasteiger partial charge is 0.0654 e. The third kappa shape index (κ3) is 14.2. The molecule has 0 fully saturated rings. The lowest BCUT2D eigenvalue weighted by molar-refractivity contribution is 0.437. The van der Waals surface area contributed by atoms with Crippen molar-refractivity contribution in [3.05, 3.63) is 0 Å². The van der Waals surface area contributed by atoms with Gasteiger partial charge in [0.05, 0.1) is 0 Å². The van der Waals surface area contributed by atoms with Crippen molar-refractivity contribution < 1.29 is 0 Å². The Morgan fingerprint density at radius 1 is 0.526 bits per heavy atom. The monoisotopic (exact) mass is 268 g/mol. The second-order valence-electron chi connectivity index (χ2n) is 6.81. The number of hydrogen-bond acceptors (Lipinski definition) is 0. The van der Waals surface area contributed by atoms with Crippen molar-refractivity contribution in [3.63, 3.8) is 0 Å². The molecular weight excluding hydrogens is 228 g/mol. The topological polar surface area (TPSA) is 0 Å². The van der Waals surface area contributed by atoms with Gasteiger partial charge in [-0.3, -0.25) is 0 Å². The lowest BCUT2D eigenvalue weighted by Gasteiger charge is -2.10. The van der Waals surface area contributed by atoms with Crippen LogP contribution in [0, 0.1) is 11.8 Å². The molecule has 2 atom stereocenters. The second-order valence-corrected chi connectivity index (χ2v) is 6.81. The standard InChI is InChI=1S/C19H40/c1-5-7-15-19(4)17-14-12-10-8-9-11-13-16-18(3)6-2/h18-19H,5-17H2,1-4H3. The first kappa shape index (κ1) is 19.0. The molecular formula is C19H40. The summed E-state index contributed by atoms with van der Waals surface area (Å²) in [5.74, 6) is 1.92. The van der Waals surface area contributed by atoms with Crippen LogP contribution in [0.2, 0.25) is 0 Å². The van der Waals surface area contributed by atoms with Crippen LogP contribution < -0.4 is 0 Å². The smallest absolute Gasteiger partial charge is 0.0443 e. The van der Waals surface area contributed by atoms with Crippen molar-refractivity contribution >= 4 is 0 Å². The summed E-state index contributed by atoms with van der Waals surface area (Å²) in [6, 6.07) is 0. The Balaban J connectivity index is 3.10. The SMILES string of the molecule is CCCCC(C)CCCCCCCCCC(C)CC. The molecule has 0 aromatic carbocycles. The quantitative estimate of drug-likeness (QED) is 0.288. The summed E-state index contributed by atoms with van der Waals surface area (Å²) < 4.78 is 0. The molecule has 0 aliphatic rings. The van der Waals surface area contributed by atoms with Crippen LogP contribution in [-0.2, 0) is 0 Å². The predicted octanol–water partition coefficient (Wildman–Crippen LogP) is 7.37. The van der Waals surface area contributed by atoms with Crippen molar-refractivity contribution in [1.82, 2.24) is 0 Å². The maximum atomic E-state index is 2.44. The average molecular weight is 269 g/mol. The van der Waals surface area contributed by atoms with Crippen molar-refractivity contribution in [1.29, 1.82) is 0 Å². The molecule has 0 aliphatic heterocycles. The van der Waals surface area contributed by atoms with Crippen molar-refractivity contribution in [2.45, 2.75) is 111 Å². The molecule has 0 spiro atoms. The zero-order valence-corrected chi connectivity index (χ0v) is 14.3. The zero-order chi connectivity index (χ0) is 14.3. The summed E-state index contributed by atoms with van der Waals surface area (Å²) in [4.78, 5) is 0. The van der Waals surface area contributed by atoms with E-state index in [1.807, 2.05) is 0 Å². The molecule has 0 radical (unpaired) electrons. The first-order valence-electron chi connectivity index (χ1n) is 9.20. The van der Waals surface area contributed by atoms with E-state index in [0.29, 0.717) is 0 Å². The van der Waals surface area contributed by atoms with Gasteiger partial charge in [0.25, 0.3) is 0 Å². The summed E-state index contributed by atoms with van der Waals surface area (Å²) in [7, 11) is 0. The molecule has 2 unspecified atom stereocenters. The summed E-state index contributed by atoms with van der Waals surface area (Å²) in [5, 5.41) is 0. The van der Waals surface area contributed by atoms with Crippen molar-refractivity contribution in [2.75, 3.05) is 0 Å². The Morgan fingerprint density at radius 3 is 1.42 bits per heavy atom. The third-order valence-corrected chi connectivity index (χ3v) is 4.64. The van der Waals surface area contributed by atoms with Gasteiger partial charge in [0.15, 0.2) is 0 Å². The average Bonchev–Trinajstić information content (AvgIpc) is 2.42. The van der Waals surface area contributed by atoms with Crippen LogP contribution >= 0.6 is 0 Å². The van der Waals surface area contributed by atoms with E-state index in [1.54, 1.807) is 0 Å². The molecule has 0 aromatic rings. The Labute approximate surface area is 123 Å². The molecule has 116 valence electrons. The van der Waals surface area contributed by atoms with Gasteiger partial charge in [-0.05, 0) is 11.8 Å². The third-order valence-electron chi connectivity index (χ3n) is 4.64. The van der Waals surface area contributed by atoms with Crippen LogP contribution in [0.15, 0.2) is 0 Å². The maximum Gasteiger partial charge on any atom is -0.0443 e. The van der Waals surface area contributed by atoms with Crippen molar-refractivity contribution in [3.8, 4) is 0 Å². The minimum Gasteiger partial charge on any atom is -0.0654 e. The van der Waals surface area contributed by atoms with Crippen LogP contribution in [0.5, 0.6) is 0 Å². The molecule has 19 heavy (non-hydrogen) atoms. The van der Waals surface area contributed by atoms with Gasteiger partial charge in [-0.1, -0.05) is 111 Å². The number of hydrogen-bond donors (Lipinski definition) is 0. The maximum absolute atomic E-state index is 2.44. The summed E-state index contributed by atoms with van der Waals surface area (Å²) in [5.41, 5.74) is 0. The van der Waals surface area contributed by atoms with Gasteiger partial charge in [-0.25, -0.2) is 0 Å². The summed E-state index contributed by atoms with van der Waals surface area (Å²) in [6.07, 6.45) is 18.8. The Morgan fingerprint density at radius 2 is 0.947 bits per heavy atom. The minimum atomic E-state index is 0.949. The predicted molar refractivity (Wildman–Crippen MR) is 89.7 cm³/mol. The minimum absolute atomic E-state index is 0.949. The van der Waals surface area contributed by atoms with Gasteiger partial charge in [-0.2, -0.15) is 0 Å². The van der Waals surface area contributed by atoms with E-state index in [-0.39, 0.29) is 0 Å². The van der Waals surface area contributed by atoms with Crippen LogP contribution in [0.4, 0.5) is 0 Å². The van der Waals surface area contributed by atoms with Crippen LogP contribution in [0.1, 0.15) is 111 Å². The normalized spacial score (nSPS) is 14.5. The van der Waals surface area contributed by atoms with E-state index in [9.17, 15) is 0 Å². The first-order chi connectivity index (χ1) is 9.20. The molecule has 0 aliphatic carbocycles. The molecule has 0 heterocycles. The molecule has 0 heteroatoms. The van der Waals surface area contributed by atoms with Crippen molar-refractivity contribution in [2.24, 2.45) is 11.8 Å². The Bertz CT molecular complexity index is 161. The van der Waals surface area contributed by atoms with Gasteiger partial charge in [0.2, 0.25) is 0 Å². The van der Waals surface area contributed by atoms with Gasteiger partial charge >= 0.3 is 0 Å². The fraction of sp³-hybridized carbons (Fsp3) is 1.00. The van der Waals surface area contributed by atoms with Crippen LogP contribution in [-0.4, -0.2) is 0 Å². The molecule has 0 bridgehead atoms. The first-order valence-corrected chi connectivity index (χ1v) is 9.20. The van der Waals surface area contributed by atoms with E-state index >= 15 is 0 Å². The highest BCUT2D eigenvalue weighted by Gasteiger charge is 2.01. The highest BCUT2D eigenvalue weighted by Crippen LogP contribution is 2.18. The molecule has 0 saturated heterocycles. The zero-order valence-electron chi connectivity index (χ0n) is 14.3. The van der Waals surface area contributed by atoms with E-state index in [1.165, 1.54) is 83.5 Å². The number of unbranched alkanes of at least 4 members (excludes halogenated alkanes) is 7. The second kappa shape index (κ2) is 14.4. The lowest BCUT2D eigenvalue weighted by atomic mass is 9.96. The van der Waals surface area contributed by atoms with Gasteiger partial charge < -0.3 is 0 Å². The van der Waals surface area contributed by atoms with Crippen LogP contribution in [0.3, 0.4) is 0 Å². The van der Waals surface area contributed by atoms with E-state index < -0.39 is 0 Å². The molecule has 0 rings (SSSR count). The highest BCUT2D eigenvalue weighted by molar-refractivity contribution is 4.55. The molecule has 0 N–H and O–H groups in total. The molecule has 0 amide bonds. The van der Waals surface area contributed by atoms with Gasteiger partial charge in [0.1, 0.15) is 0 Å². The summed E-state index contributed by atoms with van der Waals surface area (Å²) in [6.45, 7) is 9.43. The molecule has 0 nitrogen and oxygen atoms in total. The van der Waals surface area contributed by atoms with Gasteiger partial charge in [-0.15, -0.1) is 0 Å². The van der Waals surface area contributed by atoms with E-state index in [2.05, 4.69) is 27.7 Å². The highest BCUT2D eigenvalue weighted by atomic mass is 14.1. The van der Waals surface area contributed by atoms with Gasteiger partial charge in [0, 0.05) is 0 Å². The summed E-state index contributed by atoms with van der Waals surface area (Å²) >= 11 is 0. The Kier molecular flexibility index (Phi) is 14.4. The number of rotatable bonds is 14. The van der Waals surface area contributed by atoms with Crippen LogP contribution in [0.25, 0.3) is 0 Å². The van der Waals surface area contributed by atoms with E-state index in [4.69, 9.17) is 0 Å². The lowest BCUT2D eigenvalue weighted by Crippen LogP contribution is -1.94. The molecule has 0 aromatic heterocycles. The fourth-order valence-electron chi connectivity index (χ4n) is 2.77. The fourth-order valence-corrected chi connectivity index (χ4v) is 2.77.